The summed E-state index contributed by atoms with van der Waals surface area (Å²) in [5, 5.41) is 0.701. The Morgan fingerprint density at radius 1 is 1.27 bits per heavy atom. The van der Waals surface area contributed by atoms with E-state index in [2.05, 4.69) is 16.5 Å². The molecule has 112 valence electrons. The van der Waals surface area contributed by atoms with Crippen LogP contribution in [-0.4, -0.2) is 14.4 Å². The molecule has 2 heterocycles. The van der Waals surface area contributed by atoms with Crippen molar-refractivity contribution in [2.75, 3.05) is 0 Å². The van der Waals surface area contributed by atoms with Crippen LogP contribution in [0.2, 0.25) is 5.02 Å². The quantitative estimate of drug-likeness (QED) is 0.726. The van der Waals surface area contributed by atoms with Gasteiger partial charge in [-0.05, 0) is 36.8 Å². The summed E-state index contributed by atoms with van der Waals surface area (Å²) in [4.78, 5) is 5.24. The van der Waals surface area contributed by atoms with Crippen molar-refractivity contribution in [1.29, 1.82) is 0 Å². The Balaban J connectivity index is 2.30. The Labute approximate surface area is 139 Å². The maximum atomic E-state index is 5.98. The first-order valence-corrected chi connectivity index (χ1v) is 7.80. The first-order chi connectivity index (χ1) is 10.5. The standard InChI is InChI=1S/C17H16ClN3S/c1-10-7-8-21-14(9-10)20-15(16(21)11(2)17(19)22)12-3-5-13(18)6-4-12/h3-9,11H,1-2H3,(H2,19,22). The van der Waals surface area contributed by atoms with E-state index in [1.54, 1.807) is 0 Å². The molecule has 3 aromatic rings. The molecule has 3 nitrogen and oxygen atoms in total. The van der Waals surface area contributed by atoms with E-state index in [1.165, 1.54) is 0 Å². The molecule has 0 aliphatic rings. The molecule has 2 N–H and O–H groups in total. The minimum Gasteiger partial charge on any atom is -0.393 e. The number of nitrogens with zero attached hydrogens (tertiary/aromatic N) is 2. The van der Waals surface area contributed by atoms with Gasteiger partial charge in [-0.25, -0.2) is 4.98 Å². The topological polar surface area (TPSA) is 43.3 Å². The summed E-state index contributed by atoms with van der Waals surface area (Å²) < 4.78 is 2.06. The van der Waals surface area contributed by atoms with E-state index in [4.69, 9.17) is 34.5 Å². The number of imidazole rings is 1. The SMILES string of the molecule is Cc1ccn2c(C(C)C(N)=S)c(-c3ccc(Cl)cc3)nc2c1. The number of nitrogens with two attached hydrogens (primary N) is 1. The monoisotopic (exact) mass is 329 g/mol. The van der Waals surface area contributed by atoms with Gasteiger partial charge in [0.15, 0.2) is 0 Å². The Morgan fingerprint density at radius 2 is 1.95 bits per heavy atom. The van der Waals surface area contributed by atoms with Crippen LogP contribution in [0.5, 0.6) is 0 Å². The molecule has 1 aromatic carbocycles. The van der Waals surface area contributed by atoms with Gasteiger partial charge in [-0.2, -0.15) is 0 Å². The molecular formula is C17H16ClN3S. The third-order valence-corrected chi connectivity index (χ3v) is 4.38. The average molecular weight is 330 g/mol. The Hall–Kier alpha value is -1.91. The second-order valence-corrected chi connectivity index (χ2v) is 6.32. The van der Waals surface area contributed by atoms with E-state index < -0.39 is 0 Å². The van der Waals surface area contributed by atoms with Gasteiger partial charge in [0.05, 0.1) is 16.4 Å². The van der Waals surface area contributed by atoms with Crippen LogP contribution in [0.1, 0.15) is 24.1 Å². The minimum atomic E-state index is -0.0709. The van der Waals surface area contributed by atoms with Crippen LogP contribution in [0, 0.1) is 6.92 Å². The highest BCUT2D eigenvalue weighted by molar-refractivity contribution is 7.80. The van der Waals surface area contributed by atoms with Crippen molar-refractivity contribution in [2.24, 2.45) is 5.73 Å². The normalized spacial score (nSPS) is 12.5. The molecule has 5 heteroatoms. The first kappa shape index (κ1) is 15.0. The van der Waals surface area contributed by atoms with Crippen LogP contribution in [0.25, 0.3) is 16.9 Å². The molecule has 0 radical (unpaired) electrons. The zero-order valence-electron chi connectivity index (χ0n) is 12.4. The van der Waals surface area contributed by atoms with Gasteiger partial charge in [-0.15, -0.1) is 0 Å². The molecule has 0 saturated carbocycles. The van der Waals surface area contributed by atoms with Crippen molar-refractivity contribution in [3.63, 3.8) is 0 Å². The van der Waals surface area contributed by atoms with Crippen molar-refractivity contribution in [2.45, 2.75) is 19.8 Å². The van der Waals surface area contributed by atoms with Gasteiger partial charge in [-0.1, -0.05) is 42.9 Å². The van der Waals surface area contributed by atoms with Crippen LogP contribution < -0.4 is 5.73 Å². The van der Waals surface area contributed by atoms with Crippen molar-refractivity contribution in [3.05, 3.63) is 58.9 Å². The lowest BCUT2D eigenvalue weighted by Gasteiger charge is -2.12. The van der Waals surface area contributed by atoms with Crippen molar-refractivity contribution in [3.8, 4) is 11.3 Å². The molecule has 1 atom stereocenters. The predicted octanol–water partition coefficient (Wildman–Crippen LogP) is 4.35. The average Bonchev–Trinajstić information content (AvgIpc) is 2.85. The van der Waals surface area contributed by atoms with Crippen LogP contribution >= 0.6 is 23.8 Å². The number of halogens is 1. The van der Waals surface area contributed by atoms with Gasteiger partial charge in [0.25, 0.3) is 0 Å². The second-order valence-electron chi connectivity index (χ2n) is 5.41. The lowest BCUT2D eigenvalue weighted by molar-refractivity contribution is 0.929. The molecule has 3 rings (SSSR count). The predicted molar refractivity (Wildman–Crippen MR) is 95.6 cm³/mol. The lowest BCUT2D eigenvalue weighted by atomic mass is 10.0. The fourth-order valence-electron chi connectivity index (χ4n) is 2.53. The maximum Gasteiger partial charge on any atom is 0.137 e. The summed E-state index contributed by atoms with van der Waals surface area (Å²) in [5.41, 5.74) is 10.8. The number of fused-ring (bicyclic) bond motifs is 1. The van der Waals surface area contributed by atoms with Crippen molar-refractivity contribution < 1.29 is 0 Å². The van der Waals surface area contributed by atoms with Crippen LogP contribution in [0.15, 0.2) is 42.6 Å². The van der Waals surface area contributed by atoms with Gasteiger partial charge in [-0.3, -0.25) is 0 Å². The number of benzene rings is 1. The molecule has 0 aliphatic carbocycles. The Bertz CT molecular complexity index is 852. The number of hydrogen-bond donors (Lipinski definition) is 1. The van der Waals surface area contributed by atoms with Crippen molar-refractivity contribution >= 4 is 34.5 Å². The lowest BCUT2D eigenvalue weighted by Crippen LogP contribution is -2.18. The number of aromatic nitrogens is 2. The fourth-order valence-corrected chi connectivity index (χ4v) is 2.77. The largest absolute Gasteiger partial charge is 0.393 e. The van der Waals surface area contributed by atoms with E-state index in [0.29, 0.717) is 10.0 Å². The van der Waals surface area contributed by atoms with Crippen LogP contribution in [0.4, 0.5) is 0 Å². The summed E-state index contributed by atoms with van der Waals surface area (Å²) in [6.07, 6.45) is 2.02. The maximum absolute atomic E-state index is 5.98. The molecule has 0 saturated heterocycles. The number of rotatable bonds is 3. The minimum absolute atomic E-state index is 0.0709. The third-order valence-electron chi connectivity index (χ3n) is 3.77. The zero-order valence-corrected chi connectivity index (χ0v) is 13.9. The summed E-state index contributed by atoms with van der Waals surface area (Å²) in [7, 11) is 0. The molecule has 0 fully saturated rings. The van der Waals surface area contributed by atoms with E-state index >= 15 is 0 Å². The highest BCUT2D eigenvalue weighted by atomic mass is 35.5. The van der Waals surface area contributed by atoms with E-state index in [9.17, 15) is 0 Å². The fraction of sp³-hybridized carbons (Fsp3) is 0.176. The molecule has 0 aliphatic heterocycles. The van der Waals surface area contributed by atoms with Gasteiger partial charge in [0, 0.05) is 22.7 Å². The molecule has 2 aromatic heterocycles. The Kier molecular flexibility index (Phi) is 3.89. The Morgan fingerprint density at radius 3 is 2.59 bits per heavy atom. The second kappa shape index (κ2) is 5.71. The third kappa shape index (κ3) is 2.60. The summed E-state index contributed by atoms with van der Waals surface area (Å²) in [6, 6.07) is 11.8. The molecule has 0 bridgehead atoms. The summed E-state index contributed by atoms with van der Waals surface area (Å²) >= 11 is 11.2. The smallest absolute Gasteiger partial charge is 0.137 e. The number of pyridine rings is 1. The number of hydrogen-bond acceptors (Lipinski definition) is 2. The van der Waals surface area contributed by atoms with Gasteiger partial charge in [0.2, 0.25) is 0 Å². The van der Waals surface area contributed by atoms with Crippen LogP contribution in [0.3, 0.4) is 0 Å². The first-order valence-electron chi connectivity index (χ1n) is 7.01. The zero-order chi connectivity index (χ0) is 15.9. The number of aryl methyl sites for hydroxylation is 1. The van der Waals surface area contributed by atoms with Gasteiger partial charge < -0.3 is 10.1 Å². The summed E-state index contributed by atoms with van der Waals surface area (Å²) in [5.74, 6) is -0.0709. The molecule has 0 amide bonds. The molecule has 22 heavy (non-hydrogen) atoms. The van der Waals surface area contributed by atoms with Crippen LogP contribution in [-0.2, 0) is 0 Å². The van der Waals surface area contributed by atoms with E-state index in [-0.39, 0.29) is 5.92 Å². The molecule has 1 unspecified atom stereocenters. The molecular weight excluding hydrogens is 314 g/mol. The highest BCUT2D eigenvalue weighted by Crippen LogP contribution is 2.31. The molecule has 0 spiro atoms. The van der Waals surface area contributed by atoms with E-state index in [0.717, 1.165) is 28.2 Å². The summed E-state index contributed by atoms with van der Waals surface area (Å²) in [6.45, 7) is 4.05. The van der Waals surface area contributed by atoms with Gasteiger partial charge in [0.1, 0.15) is 5.65 Å². The van der Waals surface area contributed by atoms with E-state index in [1.807, 2.05) is 44.3 Å². The van der Waals surface area contributed by atoms with Crippen molar-refractivity contribution in [1.82, 2.24) is 9.38 Å². The highest BCUT2D eigenvalue weighted by Gasteiger charge is 2.21. The number of thiocarbonyl (C=S) groups is 1. The van der Waals surface area contributed by atoms with Gasteiger partial charge >= 0.3 is 0 Å².